The average molecular weight is 424 g/mol. The summed E-state index contributed by atoms with van der Waals surface area (Å²) in [5.41, 5.74) is 0.553. The number of benzene rings is 2. The molecule has 0 radical (unpaired) electrons. The van der Waals surface area contributed by atoms with Crippen LogP contribution in [-0.2, 0) is 14.8 Å². The zero-order chi connectivity index (χ0) is 18.6. The van der Waals surface area contributed by atoms with Crippen LogP contribution in [0.3, 0.4) is 0 Å². The number of sulfonamides is 1. The Morgan fingerprint density at radius 2 is 1.88 bits per heavy atom. The summed E-state index contributed by atoms with van der Waals surface area (Å²) in [6.45, 7) is 0. The summed E-state index contributed by atoms with van der Waals surface area (Å²) < 4.78 is 35.8. The van der Waals surface area contributed by atoms with Crippen molar-refractivity contribution in [1.82, 2.24) is 0 Å². The summed E-state index contributed by atoms with van der Waals surface area (Å²) in [6.07, 6.45) is 1.30. The van der Waals surface area contributed by atoms with E-state index >= 15 is 0 Å². The van der Waals surface area contributed by atoms with E-state index in [0.29, 0.717) is 11.3 Å². The molecule has 2 rings (SSSR count). The van der Waals surface area contributed by atoms with E-state index in [4.69, 9.17) is 10.4 Å². The highest BCUT2D eigenvalue weighted by atomic mass is 79.9. The van der Waals surface area contributed by atoms with E-state index in [1.165, 1.54) is 48.5 Å². The smallest absolute Gasteiger partial charge is 0.266 e. The standard InChI is InChI=1S/C16H11BrFN3O3S/c17-14-8-10(1-6-15(14)18)7-11(9-19)16(22)21-12-2-4-13(5-3-12)25(20,23)24/h1-8H,(H,21,22)(H2,20,23,24)/b11-7+. The van der Waals surface area contributed by atoms with Gasteiger partial charge in [-0.05, 0) is 64.0 Å². The van der Waals surface area contributed by atoms with Gasteiger partial charge in [-0.15, -0.1) is 0 Å². The van der Waals surface area contributed by atoms with Crippen LogP contribution < -0.4 is 10.5 Å². The lowest BCUT2D eigenvalue weighted by Crippen LogP contribution is -2.14. The van der Waals surface area contributed by atoms with Crippen LogP contribution in [0.15, 0.2) is 57.4 Å². The Bertz CT molecular complexity index is 996. The highest BCUT2D eigenvalue weighted by molar-refractivity contribution is 9.10. The Hall–Kier alpha value is -2.54. The molecule has 6 nitrogen and oxygen atoms in total. The van der Waals surface area contributed by atoms with Crippen LogP contribution in [0.25, 0.3) is 6.08 Å². The van der Waals surface area contributed by atoms with Gasteiger partial charge in [0.05, 0.1) is 9.37 Å². The van der Waals surface area contributed by atoms with Gasteiger partial charge in [0.2, 0.25) is 10.0 Å². The van der Waals surface area contributed by atoms with Gasteiger partial charge in [0.25, 0.3) is 5.91 Å². The first kappa shape index (κ1) is 18.8. The second kappa shape index (κ2) is 7.57. The first-order valence-corrected chi connectivity index (χ1v) is 9.05. The number of carbonyl (C=O) groups excluding carboxylic acids is 1. The molecule has 0 saturated carbocycles. The van der Waals surface area contributed by atoms with Gasteiger partial charge < -0.3 is 5.32 Å². The fraction of sp³-hybridized carbons (Fsp3) is 0. The molecule has 0 aliphatic carbocycles. The number of nitrogens with two attached hydrogens (primary N) is 1. The minimum atomic E-state index is -3.83. The predicted octanol–water partition coefficient (Wildman–Crippen LogP) is 2.78. The number of nitriles is 1. The number of amides is 1. The molecule has 0 saturated heterocycles. The number of hydrogen-bond donors (Lipinski definition) is 2. The van der Waals surface area contributed by atoms with Crippen molar-refractivity contribution in [3.05, 3.63) is 63.9 Å². The van der Waals surface area contributed by atoms with Crippen LogP contribution in [-0.4, -0.2) is 14.3 Å². The Balaban J connectivity index is 2.21. The van der Waals surface area contributed by atoms with Gasteiger partial charge in [0.1, 0.15) is 17.5 Å². The van der Waals surface area contributed by atoms with E-state index in [0.717, 1.165) is 0 Å². The van der Waals surface area contributed by atoms with Crippen LogP contribution in [0.2, 0.25) is 0 Å². The molecule has 2 aromatic carbocycles. The number of hydrogen-bond acceptors (Lipinski definition) is 4. The van der Waals surface area contributed by atoms with E-state index < -0.39 is 21.7 Å². The van der Waals surface area contributed by atoms with E-state index in [2.05, 4.69) is 21.2 Å². The maximum absolute atomic E-state index is 13.2. The summed E-state index contributed by atoms with van der Waals surface area (Å²) in [5.74, 6) is -1.15. The van der Waals surface area contributed by atoms with E-state index in [9.17, 15) is 17.6 Å². The van der Waals surface area contributed by atoms with Crippen molar-refractivity contribution in [2.75, 3.05) is 5.32 Å². The summed E-state index contributed by atoms with van der Waals surface area (Å²) >= 11 is 3.02. The van der Waals surface area contributed by atoms with Gasteiger partial charge in [-0.1, -0.05) is 6.07 Å². The van der Waals surface area contributed by atoms with Crippen LogP contribution >= 0.6 is 15.9 Å². The zero-order valence-electron chi connectivity index (χ0n) is 12.5. The van der Waals surface area contributed by atoms with Gasteiger partial charge in [0.15, 0.2) is 0 Å². The maximum Gasteiger partial charge on any atom is 0.266 e. The third-order valence-electron chi connectivity index (χ3n) is 3.06. The van der Waals surface area contributed by atoms with Crippen molar-refractivity contribution >= 4 is 43.6 Å². The Morgan fingerprint density at radius 3 is 2.40 bits per heavy atom. The third kappa shape index (κ3) is 4.96. The molecule has 0 heterocycles. The lowest BCUT2D eigenvalue weighted by atomic mass is 10.1. The Kier molecular flexibility index (Phi) is 5.69. The normalized spacial score (nSPS) is 11.7. The number of anilines is 1. The van der Waals surface area contributed by atoms with Crippen molar-refractivity contribution < 1.29 is 17.6 Å². The van der Waals surface area contributed by atoms with Crippen molar-refractivity contribution in [2.24, 2.45) is 5.14 Å². The van der Waals surface area contributed by atoms with E-state index in [1.807, 2.05) is 0 Å². The minimum Gasteiger partial charge on any atom is -0.321 e. The first-order valence-electron chi connectivity index (χ1n) is 6.72. The van der Waals surface area contributed by atoms with Crippen molar-refractivity contribution in [3.63, 3.8) is 0 Å². The first-order chi connectivity index (χ1) is 11.7. The van der Waals surface area contributed by atoms with E-state index in [1.54, 1.807) is 6.07 Å². The number of nitrogens with one attached hydrogen (secondary N) is 1. The van der Waals surface area contributed by atoms with Crippen LogP contribution in [0.1, 0.15) is 5.56 Å². The summed E-state index contributed by atoms with van der Waals surface area (Å²) in [4.78, 5) is 12.1. The second-order valence-corrected chi connectivity index (χ2v) is 7.28. The number of rotatable bonds is 4. The zero-order valence-corrected chi connectivity index (χ0v) is 14.9. The molecule has 9 heteroatoms. The number of halogens is 2. The predicted molar refractivity (Wildman–Crippen MR) is 94.1 cm³/mol. The fourth-order valence-corrected chi connectivity index (χ4v) is 2.76. The molecule has 128 valence electrons. The topological polar surface area (TPSA) is 113 Å². The summed E-state index contributed by atoms with van der Waals surface area (Å²) in [5, 5.41) is 16.6. The van der Waals surface area contributed by atoms with Gasteiger partial charge in [-0.3, -0.25) is 4.79 Å². The largest absolute Gasteiger partial charge is 0.321 e. The third-order valence-corrected chi connectivity index (χ3v) is 4.60. The van der Waals surface area contributed by atoms with Gasteiger partial charge in [-0.25, -0.2) is 17.9 Å². The molecule has 0 unspecified atom stereocenters. The molecule has 1 amide bonds. The molecule has 3 N–H and O–H groups in total. The Morgan fingerprint density at radius 1 is 1.24 bits per heavy atom. The maximum atomic E-state index is 13.2. The average Bonchev–Trinajstić information content (AvgIpc) is 2.55. The molecule has 0 aliphatic rings. The summed E-state index contributed by atoms with van der Waals surface area (Å²) in [7, 11) is -3.83. The number of nitrogens with zero attached hydrogens (tertiary/aromatic N) is 1. The van der Waals surface area contributed by atoms with Crippen LogP contribution in [0.5, 0.6) is 0 Å². The molecular weight excluding hydrogens is 413 g/mol. The molecule has 0 aliphatic heterocycles. The molecule has 25 heavy (non-hydrogen) atoms. The van der Waals surface area contributed by atoms with Crippen molar-refractivity contribution in [1.29, 1.82) is 5.26 Å². The van der Waals surface area contributed by atoms with E-state index in [-0.39, 0.29) is 14.9 Å². The number of carbonyl (C=O) groups is 1. The SMILES string of the molecule is N#C/C(=C\c1ccc(F)c(Br)c1)C(=O)Nc1ccc(S(N)(=O)=O)cc1. The molecule has 2 aromatic rings. The fourth-order valence-electron chi connectivity index (χ4n) is 1.84. The summed E-state index contributed by atoms with van der Waals surface area (Å²) in [6, 6.07) is 11.0. The highest BCUT2D eigenvalue weighted by Crippen LogP contribution is 2.19. The number of primary sulfonamides is 1. The van der Waals surface area contributed by atoms with Crippen LogP contribution in [0, 0.1) is 17.1 Å². The lowest BCUT2D eigenvalue weighted by Gasteiger charge is -2.05. The molecule has 0 bridgehead atoms. The monoisotopic (exact) mass is 423 g/mol. The minimum absolute atomic E-state index is 0.0993. The van der Waals surface area contributed by atoms with Gasteiger partial charge in [-0.2, -0.15) is 5.26 Å². The molecule has 0 atom stereocenters. The Labute approximate surface area is 151 Å². The highest BCUT2D eigenvalue weighted by Gasteiger charge is 2.12. The molecule has 0 fully saturated rings. The van der Waals surface area contributed by atoms with Gasteiger partial charge >= 0.3 is 0 Å². The molecule has 0 spiro atoms. The second-order valence-electron chi connectivity index (χ2n) is 4.87. The lowest BCUT2D eigenvalue weighted by molar-refractivity contribution is -0.112. The van der Waals surface area contributed by atoms with Crippen molar-refractivity contribution in [2.45, 2.75) is 4.90 Å². The van der Waals surface area contributed by atoms with Gasteiger partial charge in [0, 0.05) is 5.69 Å². The van der Waals surface area contributed by atoms with Crippen LogP contribution in [0.4, 0.5) is 10.1 Å². The molecular formula is C16H11BrFN3O3S. The van der Waals surface area contributed by atoms with Crippen molar-refractivity contribution in [3.8, 4) is 6.07 Å². The molecule has 0 aromatic heterocycles. The quantitative estimate of drug-likeness (QED) is 0.581.